The minimum Gasteiger partial charge on any atom is -0.483 e. The third kappa shape index (κ3) is 4.10. The van der Waals surface area contributed by atoms with Crippen molar-refractivity contribution >= 4 is 11.6 Å². The molecular weight excluding hydrogens is 310 g/mol. The van der Waals surface area contributed by atoms with Crippen LogP contribution in [0.1, 0.15) is 31.2 Å². The summed E-state index contributed by atoms with van der Waals surface area (Å²) in [6.07, 6.45) is 5.12. The van der Waals surface area contributed by atoms with Gasteiger partial charge in [-0.25, -0.2) is 0 Å². The van der Waals surface area contributed by atoms with Crippen molar-refractivity contribution in [2.24, 2.45) is 0 Å². The van der Waals surface area contributed by atoms with E-state index in [2.05, 4.69) is 18.0 Å². The number of ether oxygens (including phenoxy) is 1. The van der Waals surface area contributed by atoms with Gasteiger partial charge in [-0.1, -0.05) is 6.08 Å². The molecule has 1 amide bonds. The molecule has 0 heterocycles. The van der Waals surface area contributed by atoms with Gasteiger partial charge in [-0.15, -0.1) is 6.58 Å². The van der Waals surface area contributed by atoms with Gasteiger partial charge in [0.25, 0.3) is 11.6 Å². The lowest BCUT2D eigenvalue weighted by molar-refractivity contribution is -0.384. The quantitative estimate of drug-likeness (QED) is 0.470. The second kappa shape index (κ2) is 7.59. The first kappa shape index (κ1) is 17.5. The molecule has 0 bridgehead atoms. The third-order valence-corrected chi connectivity index (χ3v) is 4.03. The highest BCUT2D eigenvalue weighted by Crippen LogP contribution is 2.29. The van der Waals surface area contributed by atoms with Crippen LogP contribution in [0.5, 0.6) is 5.75 Å². The van der Waals surface area contributed by atoms with Crippen LogP contribution in [0.25, 0.3) is 0 Å². The van der Waals surface area contributed by atoms with Gasteiger partial charge in [-0.3, -0.25) is 14.9 Å². The summed E-state index contributed by atoms with van der Waals surface area (Å²) < 4.78 is 5.49. The number of allylic oxidation sites excluding steroid dienone is 1. The molecule has 1 aliphatic rings. The summed E-state index contributed by atoms with van der Waals surface area (Å²) in [6.45, 7) is 3.37. The van der Waals surface area contributed by atoms with Crippen molar-refractivity contribution in [2.45, 2.75) is 37.6 Å². The van der Waals surface area contributed by atoms with E-state index in [0.29, 0.717) is 30.6 Å². The van der Waals surface area contributed by atoms with Crippen molar-refractivity contribution in [3.63, 3.8) is 0 Å². The maximum Gasteiger partial charge on any atom is 0.269 e. The van der Waals surface area contributed by atoms with E-state index in [-0.39, 0.29) is 18.2 Å². The fraction of sp³-hybridized carbons (Fsp3) is 0.412. The Morgan fingerprint density at radius 2 is 2.21 bits per heavy atom. The molecule has 0 spiro atoms. The topological polar surface area (TPSA) is 105 Å². The Bertz CT molecular complexity index is 688. The second-order valence-corrected chi connectivity index (χ2v) is 5.78. The van der Waals surface area contributed by atoms with Gasteiger partial charge in [0.2, 0.25) is 0 Å². The summed E-state index contributed by atoms with van der Waals surface area (Å²) in [5, 5.41) is 22.8. The largest absolute Gasteiger partial charge is 0.483 e. The average molecular weight is 329 g/mol. The summed E-state index contributed by atoms with van der Waals surface area (Å²) >= 11 is 0. The molecule has 24 heavy (non-hydrogen) atoms. The average Bonchev–Trinajstić information content (AvgIpc) is 3.02. The van der Waals surface area contributed by atoms with Crippen molar-refractivity contribution in [1.29, 1.82) is 5.26 Å². The Labute approximate surface area is 140 Å². The molecule has 0 saturated heterocycles. The zero-order chi connectivity index (χ0) is 17.6. The number of nitriles is 1. The second-order valence-electron chi connectivity index (χ2n) is 5.78. The number of hydrogen-bond acceptors (Lipinski definition) is 5. The van der Waals surface area contributed by atoms with E-state index in [1.54, 1.807) is 6.08 Å². The standard InChI is InChI=1S/C17H19N3O4/c1-2-5-13-10-14(20(22)23)6-7-15(13)24-11-16(21)19-17(12-18)8-3-4-9-17/h2,6-7,10H,1,3-5,8-9,11H2,(H,19,21). The first-order valence-electron chi connectivity index (χ1n) is 7.73. The maximum absolute atomic E-state index is 12.1. The highest BCUT2D eigenvalue weighted by molar-refractivity contribution is 5.79. The van der Waals surface area contributed by atoms with E-state index < -0.39 is 10.5 Å². The van der Waals surface area contributed by atoms with Crippen molar-refractivity contribution in [3.05, 3.63) is 46.5 Å². The monoisotopic (exact) mass is 329 g/mol. The lowest BCUT2D eigenvalue weighted by Crippen LogP contribution is -2.47. The number of nitro groups is 1. The van der Waals surface area contributed by atoms with Gasteiger partial charge in [-0.05, 0) is 38.2 Å². The number of nitro benzene ring substituents is 1. The van der Waals surface area contributed by atoms with Gasteiger partial charge >= 0.3 is 0 Å². The molecule has 0 aromatic heterocycles. The third-order valence-electron chi connectivity index (χ3n) is 4.03. The Balaban J connectivity index is 2.03. The smallest absolute Gasteiger partial charge is 0.269 e. The predicted octanol–water partition coefficient (Wildman–Crippen LogP) is 2.65. The van der Waals surface area contributed by atoms with Gasteiger partial charge in [-0.2, -0.15) is 5.26 Å². The van der Waals surface area contributed by atoms with Crippen LogP contribution in [0.4, 0.5) is 5.69 Å². The van der Waals surface area contributed by atoms with Gasteiger partial charge < -0.3 is 10.1 Å². The number of amides is 1. The number of nitrogens with one attached hydrogen (secondary N) is 1. The zero-order valence-corrected chi connectivity index (χ0v) is 13.3. The molecule has 2 rings (SSSR count). The van der Waals surface area contributed by atoms with Gasteiger partial charge in [0, 0.05) is 17.7 Å². The molecule has 0 unspecified atom stereocenters. The van der Waals surface area contributed by atoms with Crippen molar-refractivity contribution in [2.75, 3.05) is 6.61 Å². The first-order valence-corrected chi connectivity index (χ1v) is 7.73. The van der Waals surface area contributed by atoms with Crippen molar-refractivity contribution < 1.29 is 14.5 Å². The highest BCUT2D eigenvalue weighted by atomic mass is 16.6. The summed E-state index contributed by atoms with van der Waals surface area (Å²) in [6, 6.07) is 6.39. The zero-order valence-electron chi connectivity index (χ0n) is 13.3. The number of nitrogens with zero attached hydrogens (tertiary/aromatic N) is 2. The molecule has 0 radical (unpaired) electrons. The predicted molar refractivity (Wildman–Crippen MR) is 87.4 cm³/mol. The van der Waals surface area contributed by atoms with Crippen LogP contribution in [0.15, 0.2) is 30.9 Å². The fourth-order valence-electron chi connectivity index (χ4n) is 2.82. The number of hydrogen-bond donors (Lipinski definition) is 1. The Kier molecular flexibility index (Phi) is 5.53. The maximum atomic E-state index is 12.1. The minimum absolute atomic E-state index is 0.0435. The minimum atomic E-state index is -0.792. The molecule has 1 saturated carbocycles. The van der Waals surface area contributed by atoms with Crippen LogP contribution >= 0.6 is 0 Å². The molecule has 1 aromatic rings. The van der Waals surface area contributed by atoms with Gasteiger partial charge in [0.15, 0.2) is 6.61 Å². The van der Waals surface area contributed by atoms with E-state index in [1.165, 1.54) is 18.2 Å². The molecular formula is C17H19N3O4. The van der Waals surface area contributed by atoms with Crippen LogP contribution in [-0.2, 0) is 11.2 Å². The lowest BCUT2D eigenvalue weighted by atomic mass is 10.00. The number of carbonyl (C=O) groups excluding carboxylic acids is 1. The van der Waals surface area contributed by atoms with Crippen LogP contribution in [0, 0.1) is 21.4 Å². The molecule has 7 nitrogen and oxygen atoms in total. The molecule has 0 atom stereocenters. The number of carbonyl (C=O) groups is 1. The normalized spacial score (nSPS) is 15.3. The summed E-state index contributed by atoms with van der Waals surface area (Å²) in [7, 11) is 0. The molecule has 1 fully saturated rings. The molecule has 1 aromatic carbocycles. The summed E-state index contributed by atoms with van der Waals surface area (Å²) in [5.41, 5.74) is -0.249. The van der Waals surface area contributed by atoms with Crippen LogP contribution in [-0.4, -0.2) is 23.0 Å². The van der Waals surface area contributed by atoms with Crippen LogP contribution in [0.2, 0.25) is 0 Å². The lowest BCUT2D eigenvalue weighted by Gasteiger charge is -2.22. The molecule has 0 aliphatic heterocycles. The Hall–Kier alpha value is -2.88. The van der Waals surface area contributed by atoms with E-state index in [9.17, 15) is 20.2 Å². The molecule has 7 heteroatoms. The van der Waals surface area contributed by atoms with E-state index >= 15 is 0 Å². The van der Waals surface area contributed by atoms with Crippen LogP contribution < -0.4 is 10.1 Å². The summed E-state index contributed by atoms with van der Waals surface area (Å²) in [5.74, 6) is 0.0226. The number of benzene rings is 1. The van der Waals surface area contributed by atoms with E-state index in [4.69, 9.17) is 4.74 Å². The van der Waals surface area contributed by atoms with E-state index in [1.807, 2.05) is 0 Å². The molecule has 1 aliphatic carbocycles. The fourth-order valence-corrected chi connectivity index (χ4v) is 2.82. The SMILES string of the molecule is C=CCc1cc([N+](=O)[O-])ccc1OCC(=O)NC1(C#N)CCCC1. The van der Waals surface area contributed by atoms with Crippen molar-refractivity contribution in [3.8, 4) is 11.8 Å². The van der Waals surface area contributed by atoms with Gasteiger partial charge in [0.05, 0.1) is 11.0 Å². The Morgan fingerprint density at radius 3 is 2.79 bits per heavy atom. The molecule has 1 N–H and O–H groups in total. The highest BCUT2D eigenvalue weighted by Gasteiger charge is 2.35. The first-order chi connectivity index (χ1) is 11.5. The van der Waals surface area contributed by atoms with Crippen molar-refractivity contribution in [1.82, 2.24) is 5.32 Å². The number of rotatable bonds is 7. The van der Waals surface area contributed by atoms with Crippen LogP contribution in [0.3, 0.4) is 0 Å². The van der Waals surface area contributed by atoms with Gasteiger partial charge in [0.1, 0.15) is 11.3 Å². The Morgan fingerprint density at radius 1 is 1.50 bits per heavy atom. The summed E-state index contributed by atoms with van der Waals surface area (Å²) in [4.78, 5) is 22.4. The number of non-ortho nitro benzene ring substituents is 1. The van der Waals surface area contributed by atoms with E-state index in [0.717, 1.165) is 12.8 Å². The molecule has 126 valence electrons.